The SMILES string of the molecule is CC1CC(c2cccc(F)c2)=NO1. The predicted molar refractivity (Wildman–Crippen MR) is 48.1 cm³/mol. The van der Waals surface area contributed by atoms with Crippen molar-refractivity contribution < 1.29 is 9.23 Å². The van der Waals surface area contributed by atoms with Crippen molar-refractivity contribution in [1.82, 2.24) is 0 Å². The number of halogens is 1. The lowest BCUT2D eigenvalue weighted by Crippen LogP contribution is -2.03. The van der Waals surface area contributed by atoms with Gasteiger partial charge in [-0.3, -0.25) is 0 Å². The molecule has 1 aliphatic heterocycles. The smallest absolute Gasteiger partial charge is 0.130 e. The van der Waals surface area contributed by atoms with Gasteiger partial charge in [0.15, 0.2) is 0 Å². The lowest BCUT2D eigenvalue weighted by atomic mass is 10.1. The Balaban J connectivity index is 2.26. The Kier molecular flexibility index (Phi) is 2.00. The van der Waals surface area contributed by atoms with E-state index in [4.69, 9.17) is 4.84 Å². The molecule has 1 atom stereocenters. The molecular weight excluding hydrogens is 169 g/mol. The molecule has 68 valence electrons. The zero-order chi connectivity index (χ0) is 9.26. The highest BCUT2D eigenvalue weighted by Crippen LogP contribution is 2.16. The molecule has 2 nitrogen and oxygen atoms in total. The van der Waals surface area contributed by atoms with Gasteiger partial charge >= 0.3 is 0 Å². The molecule has 0 N–H and O–H groups in total. The first-order valence-corrected chi connectivity index (χ1v) is 4.24. The van der Waals surface area contributed by atoms with Crippen LogP contribution in [0.1, 0.15) is 18.9 Å². The standard InChI is InChI=1S/C10H10FNO/c1-7-5-10(12-13-7)8-3-2-4-9(11)6-8/h2-4,6-7H,5H2,1H3. The van der Waals surface area contributed by atoms with Crippen LogP contribution in [0, 0.1) is 5.82 Å². The maximum atomic E-state index is 12.8. The van der Waals surface area contributed by atoms with Crippen LogP contribution in [0.15, 0.2) is 29.4 Å². The van der Waals surface area contributed by atoms with Crippen LogP contribution in [0.5, 0.6) is 0 Å². The van der Waals surface area contributed by atoms with Crippen molar-refractivity contribution >= 4 is 5.71 Å². The molecule has 0 aliphatic carbocycles. The first kappa shape index (κ1) is 8.23. The Morgan fingerprint density at radius 3 is 3.00 bits per heavy atom. The van der Waals surface area contributed by atoms with Crippen LogP contribution in [0.2, 0.25) is 0 Å². The molecule has 1 aliphatic rings. The summed E-state index contributed by atoms with van der Waals surface area (Å²) in [5, 5.41) is 3.88. The van der Waals surface area contributed by atoms with Crippen molar-refractivity contribution in [1.29, 1.82) is 0 Å². The molecule has 2 rings (SSSR count). The monoisotopic (exact) mass is 179 g/mol. The van der Waals surface area contributed by atoms with Gasteiger partial charge in [-0.05, 0) is 19.1 Å². The molecule has 13 heavy (non-hydrogen) atoms. The van der Waals surface area contributed by atoms with E-state index in [1.165, 1.54) is 12.1 Å². The second-order valence-corrected chi connectivity index (χ2v) is 3.17. The first-order valence-electron chi connectivity index (χ1n) is 4.24. The molecule has 0 amide bonds. The van der Waals surface area contributed by atoms with E-state index in [-0.39, 0.29) is 11.9 Å². The third-order valence-electron chi connectivity index (χ3n) is 1.98. The quantitative estimate of drug-likeness (QED) is 0.648. The number of hydrogen-bond donors (Lipinski definition) is 0. The molecule has 0 saturated carbocycles. The van der Waals surface area contributed by atoms with Crippen LogP contribution >= 0.6 is 0 Å². The number of nitrogens with zero attached hydrogens (tertiary/aromatic N) is 1. The molecule has 1 aromatic rings. The van der Waals surface area contributed by atoms with Crippen molar-refractivity contribution in [3.63, 3.8) is 0 Å². The van der Waals surface area contributed by atoms with Crippen molar-refractivity contribution in [3.05, 3.63) is 35.6 Å². The van der Waals surface area contributed by atoms with E-state index < -0.39 is 0 Å². The van der Waals surface area contributed by atoms with E-state index in [1.54, 1.807) is 6.07 Å². The van der Waals surface area contributed by atoms with Gasteiger partial charge < -0.3 is 4.84 Å². The van der Waals surface area contributed by atoms with Crippen molar-refractivity contribution in [2.75, 3.05) is 0 Å². The third kappa shape index (κ3) is 1.69. The van der Waals surface area contributed by atoms with E-state index >= 15 is 0 Å². The molecular formula is C10H10FNO. The largest absolute Gasteiger partial charge is 0.392 e. The van der Waals surface area contributed by atoms with E-state index in [9.17, 15) is 4.39 Å². The average Bonchev–Trinajstić information content (AvgIpc) is 2.52. The average molecular weight is 179 g/mol. The minimum absolute atomic E-state index is 0.110. The van der Waals surface area contributed by atoms with Gasteiger partial charge in [0.2, 0.25) is 0 Å². The van der Waals surface area contributed by atoms with Gasteiger partial charge in [-0.1, -0.05) is 17.3 Å². The maximum absolute atomic E-state index is 12.8. The molecule has 0 aromatic heterocycles. The topological polar surface area (TPSA) is 21.6 Å². The number of benzene rings is 1. The fraction of sp³-hybridized carbons (Fsp3) is 0.300. The van der Waals surface area contributed by atoms with Gasteiger partial charge in [-0.15, -0.1) is 0 Å². The Labute approximate surface area is 76.0 Å². The summed E-state index contributed by atoms with van der Waals surface area (Å²) in [4.78, 5) is 5.03. The van der Waals surface area contributed by atoms with Crippen molar-refractivity contribution in [2.24, 2.45) is 5.16 Å². The Morgan fingerprint density at radius 2 is 2.38 bits per heavy atom. The lowest BCUT2D eigenvalue weighted by Gasteiger charge is -1.98. The number of oxime groups is 1. The molecule has 1 unspecified atom stereocenters. The minimum Gasteiger partial charge on any atom is -0.392 e. The van der Waals surface area contributed by atoms with Crippen LogP contribution in [-0.4, -0.2) is 11.8 Å². The summed E-state index contributed by atoms with van der Waals surface area (Å²) in [7, 11) is 0. The molecule has 0 fully saturated rings. The highest BCUT2D eigenvalue weighted by molar-refractivity contribution is 6.01. The third-order valence-corrected chi connectivity index (χ3v) is 1.98. The second kappa shape index (κ2) is 3.17. The van der Waals surface area contributed by atoms with Gasteiger partial charge in [0, 0.05) is 12.0 Å². The molecule has 1 heterocycles. The normalized spacial score (nSPS) is 21.1. The zero-order valence-corrected chi connectivity index (χ0v) is 7.33. The zero-order valence-electron chi connectivity index (χ0n) is 7.33. The summed E-state index contributed by atoms with van der Waals surface area (Å²) in [6.45, 7) is 1.94. The van der Waals surface area contributed by atoms with Gasteiger partial charge in [-0.2, -0.15) is 0 Å². The van der Waals surface area contributed by atoms with E-state index in [0.717, 1.165) is 17.7 Å². The molecule has 0 spiro atoms. The van der Waals surface area contributed by atoms with E-state index in [2.05, 4.69) is 5.16 Å². The van der Waals surface area contributed by atoms with Crippen molar-refractivity contribution in [2.45, 2.75) is 19.4 Å². The first-order chi connectivity index (χ1) is 6.25. The molecule has 0 bridgehead atoms. The van der Waals surface area contributed by atoms with Crippen molar-refractivity contribution in [3.8, 4) is 0 Å². The molecule has 3 heteroatoms. The van der Waals surface area contributed by atoms with Crippen LogP contribution in [0.3, 0.4) is 0 Å². The highest BCUT2D eigenvalue weighted by Gasteiger charge is 2.17. The summed E-state index contributed by atoms with van der Waals surface area (Å²) in [5.41, 5.74) is 1.64. The molecule has 0 saturated heterocycles. The Hall–Kier alpha value is -1.38. The highest BCUT2D eigenvalue weighted by atomic mass is 19.1. The summed E-state index contributed by atoms with van der Waals surface area (Å²) in [5.74, 6) is -0.236. The fourth-order valence-electron chi connectivity index (χ4n) is 1.34. The lowest BCUT2D eigenvalue weighted by molar-refractivity contribution is 0.0995. The van der Waals surface area contributed by atoms with Gasteiger partial charge in [0.1, 0.15) is 11.9 Å². The number of hydrogen-bond acceptors (Lipinski definition) is 2. The van der Waals surface area contributed by atoms with Crippen LogP contribution in [0.25, 0.3) is 0 Å². The van der Waals surface area contributed by atoms with Gasteiger partial charge in [0.05, 0.1) is 5.71 Å². The fourth-order valence-corrected chi connectivity index (χ4v) is 1.34. The minimum atomic E-state index is -0.236. The van der Waals surface area contributed by atoms with Gasteiger partial charge in [0.25, 0.3) is 0 Å². The Bertz CT molecular complexity index is 349. The van der Waals surface area contributed by atoms with E-state index in [0.29, 0.717) is 0 Å². The summed E-state index contributed by atoms with van der Waals surface area (Å²) in [6.07, 6.45) is 0.863. The summed E-state index contributed by atoms with van der Waals surface area (Å²) < 4.78 is 12.8. The van der Waals surface area contributed by atoms with Crippen LogP contribution in [0.4, 0.5) is 4.39 Å². The van der Waals surface area contributed by atoms with E-state index in [1.807, 2.05) is 13.0 Å². The predicted octanol–water partition coefficient (Wildman–Crippen LogP) is 2.34. The van der Waals surface area contributed by atoms with Crippen LogP contribution in [-0.2, 0) is 4.84 Å². The molecule has 1 aromatic carbocycles. The summed E-state index contributed by atoms with van der Waals surface area (Å²) >= 11 is 0. The second-order valence-electron chi connectivity index (χ2n) is 3.17. The van der Waals surface area contributed by atoms with Gasteiger partial charge in [-0.25, -0.2) is 4.39 Å². The summed E-state index contributed by atoms with van der Waals surface area (Å²) in [6, 6.07) is 6.41. The maximum Gasteiger partial charge on any atom is 0.130 e. The molecule has 0 radical (unpaired) electrons. The Morgan fingerprint density at radius 1 is 1.54 bits per heavy atom. The number of rotatable bonds is 1. The van der Waals surface area contributed by atoms with Crippen LogP contribution < -0.4 is 0 Å².